The van der Waals surface area contributed by atoms with Gasteiger partial charge in [0.2, 0.25) is 0 Å². The van der Waals surface area contributed by atoms with E-state index in [2.05, 4.69) is 21.4 Å². The summed E-state index contributed by atoms with van der Waals surface area (Å²) in [5.74, 6) is 6.53. The van der Waals surface area contributed by atoms with Crippen molar-refractivity contribution in [2.45, 2.75) is 37.8 Å². The standard InChI is InChI=1S/C14H21BrN2O2/c1-18-12-4-5-14(15)10(8-12)7-11(17-16)9-13-3-2-6-19-13/h4-5,8,11,13,17H,2-3,6-7,9,16H2,1H3. The van der Waals surface area contributed by atoms with Gasteiger partial charge in [-0.05, 0) is 49.4 Å². The van der Waals surface area contributed by atoms with Gasteiger partial charge in [0, 0.05) is 17.1 Å². The first kappa shape index (κ1) is 14.8. The smallest absolute Gasteiger partial charge is 0.119 e. The molecule has 0 aliphatic carbocycles. The summed E-state index contributed by atoms with van der Waals surface area (Å²) in [6.45, 7) is 0.880. The van der Waals surface area contributed by atoms with Crippen LogP contribution in [0.5, 0.6) is 5.75 Å². The van der Waals surface area contributed by atoms with Gasteiger partial charge in [0.1, 0.15) is 5.75 Å². The summed E-state index contributed by atoms with van der Waals surface area (Å²) in [6.07, 6.45) is 4.43. The van der Waals surface area contributed by atoms with E-state index >= 15 is 0 Å². The maximum Gasteiger partial charge on any atom is 0.119 e. The summed E-state index contributed by atoms with van der Waals surface area (Å²) < 4.78 is 12.0. The van der Waals surface area contributed by atoms with Crippen molar-refractivity contribution < 1.29 is 9.47 Å². The molecule has 1 aromatic carbocycles. The number of hydrogen-bond donors (Lipinski definition) is 2. The molecule has 1 aromatic rings. The zero-order valence-electron chi connectivity index (χ0n) is 11.2. The molecule has 4 nitrogen and oxygen atoms in total. The van der Waals surface area contributed by atoms with Gasteiger partial charge in [0.15, 0.2) is 0 Å². The van der Waals surface area contributed by atoms with Crippen LogP contribution in [-0.2, 0) is 11.2 Å². The highest BCUT2D eigenvalue weighted by atomic mass is 79.9. The van der Waals surface area contributed by atoms with Crippen molar-refractivity contribution in [2.24, 2.45) is 5.84 Å². The average molecular weight is 329 g/mol. The fourth-order valence-electron chi connectivity index (χ4n) is 2.46. The summed E-state index contributed by atoms with van der Waals surface area (Å²) in [6, 6.07) is 6.21. The first-order valence-corrected chi connectivity index (χ1v) is 7.42. The molecule has 5 heteroatoms. The average Bonchev–Trinajstić information content (AvgIpc) is 2.93. The summed E-state index contributed by atoms with van der Waals surface area (Å²) in [5, 5.41) is 0. The van der Waals surface area contributed by atoms with Crippen LogP contribution < -0.4 is 16.0 Å². The second-order valence-corrected chi connectivity index (χ2v) is 5.75. The van der Waals surface area contributed by atoms with Gasteiger partial charge < -0.3 is 9.47 Å². The van der Waals surface area contributed by atoms with Gasteiger partial charge in [-0.15, -0.1) is 0 Å². The number of nitrogens with two attached hydrogens (primary N) is 1. The second-order valence-electron chi connectivity index (χ2n) is 4.90. The Kier molecular flexibility index (Phi) is 5.63. The lowest BCUT2D eigenvalue weighted by Crippen LogP contribution is -2.39. The van der Waals surface area contributed by atoms with Crippen LogP contribution in [0.3, 0.4) is 0 Å². The Hall–Kier alpha value is -0.620. The number of nitrogens with one attached hydrogen (secondary N) is 1. The van der Waals surface area contributed by atoms with Crippen LogP contribution in [0, 0.1) is 0 Å². The van der Waals surface area contributed by atoms with E-state index in [1.54, 1.807) is 7.11 Å². The van der Waals surface area contributed by atoms with Crippen molar-refractivity contribution in [1.29, 1.82) is 0 Å². The zero-order chi connectivity index (χ0) is 13.7. The molecule has 0 saturated carbocycles. The monoisotopic (exact) mass is 328 g/mol. The molecule has 1 fully saturated rings. The molecular weight excluding hydrogens is 308 g/mol. The van der Waals surface area contributed by atoms with E-state index in [0.717, 1.165) is 42.5 Å². The minimum absolute atomic E-state index is 0.214. The van der Waals surface area contributed by atoms with E-state index in [-0.39, 0.29) is 6.04 Å². The molecule has 19 heavy (non-hydrogen) atoms. The molecule has 2 atom stereocenters. The van der Waals surface area contributed by atoms with Crippen molar-refractivity contribution in [3.63, 3.8) is 0 Å². The fourth-order valence-corrected chi connectivity index (χ4v) is 2.87. The molecule has 0 bridgehead atoms. The SMILES string of the molecule is COc1ccc(Br)c(CC(CC2CCCO2)NN)c1. The van der Waals surface area contributed by atoms with E-state index in [1.165, 1.54) is 5.56 Å². The summed E-state index contributed by atoms with van der Waals surface area (Å²) in [5.41, 5.74) is 4.10. The van der Waals surface area contributed by atoms with E-state index in [0.29, 0.717) is 6.10 Å². The number of benzene rings is 1. The Morgan fingerprint density at radius 2 is 2.42 bits per heavy atom. The third-order valence-electron chi connectivity index (χ3n) is 3.53. The van der Waals surface area contributed by atoms with Crippen molar-refractivity contribution in [3.8, 4) is 5.75 Å². The van der Waals surface area contributed by atoms with Gasteiger partial charge in [-0.25, -0.2) is 0 Å². The second kappa shape index (κ2) is 7.24. The summed E-state index contributed by atoms with van der Waals surface area (Å²) in [7, 11) is 1.68. The number of halogens is 1. The molecule has 0 aromatic heterocycles. The van der Waals surface area contributed by atoms with Gasteiger partial charge in [-0.3, -0.25) is 11.3 Å². The predicted octanol–water partition coefficient (Wildman–Crippen LogP) is 2.40. The van der Waals surface area contributed by atoms with Crippen LogP contribution in [-0.4, -0.2) is 25.9 Å². The number of ether oxygens (including phenoxy) is 2. The molecule has 2 unspecified atom stereocenters. The Morgan fingerprint density at radius 3 is 3.05 bits per heavy atom. The normalized spacial score (nSPS) is 20.5. The van der Waals surface area contributed by atoms with Crippen molar-refractivity contribution in [3.05, 3.63) is 28.2 Å². The first-order valence-electron chi connectivity index (χ1n) is 6.63. The van der Waals surface area contributed by atoms with Crippen molar-refractivity contribution in [1.82, 2.24) is 5.43 Å². The van der Waals surface area contributed by atoms with Crippen LogP contribution in [0.2, 0.25) is 0 Å². The van der Waals surface area contributed by atoms with Gasteiger partial charge in [-0.2, -0.15) is 0 Å². The van der Waals surface area contributed by atoms with E-state index in [9.17, 15) is 0 Å². The van der Waals surface area contributed by atoms with Crippen molar-refractivity contribution >= 4 is 15.9 Å². The molecule has 0 radical (unpaired) electrons. The highest BCUT2D eigenvalue weighted by Crippen LogP contribution is 2.25. The number of hydrazine groups is 1. The first-order chi connectivity index (χ1) is 9.22. The molecule has 2 rings (SSSR count). The third kappa shape index (κ3) is 4.18. The molecule has 0 amide bonds. The molecule has 1 heterocycles. The summed E-state index contributed by atoms with van der Waals surface area (Å²) >= 11 is 3.57. The van der Waals surface area contributed by atoms with Crippen LogP contribution in [0.1, 0.15) is 24.8 Å². The minimum atomic E-state index is 0.214. The van der Waals surface area contributed by atoms with Gasteiger partial charge in [0.25, 0.3) is 0 Å². The lowest BCUT2D eigenvalue weighted by Gasteiger charge is -2.20. The largest absolute Gasteiger partial charge is 0.497 e. The summed E-state index contributed by atoms with van der Waals surface area (Å²) in [4.78, 5) is 0. The lowest BCUT2D eigenvalue weighted by atomic mass is 10.00. The van der Waals surface area contributed by atoms with Crippen LogP contribution >= 0.6 is 15.9 Å². The maximum atomic E-state index is 5.67. The van der Waals surface area contributed by atoms with Gasteiger partial charge in [-0.1, -0.05) is 15.9 Å². The highest BCUT2D eigenvalue weighted by molar-refractivity contribution is 9.10. The lowest BCUT2D eigenvalue weighted by molar-refractivity contribution is 0.0946. The third-order valence-corrected chi connectivity index (χ3v) is 4.30. The molecule has 0 spiro atoms. The maximum absolute atomic E-state index is 5.67. The van der Waals surface area contributed by atoms with Crippen LogP contribution in [0.15, 0.2) is 22.7 Å². The van der Waals surface area contributed by atoms with Crippen LogP contribution in [0.25, 0.3) is 0 Å². The Balaban J connectivity index is 2.00. The molecule has 1 aliphatic heterocycles. The predicted molar refractivity (Wildman–Crippen MR) is 79.1 cm³/mol. The molecule has 106 valence electrons. The van der Waals surface area contributed by atoms with Crippen LogP contribution in [0.4, 0.5) is 0 Å². The van der Waals surface area contributed by atoms with Crippen molar-refractivity contribution in [2.75, 3.05) is 13.7 Å². The quantitative estimate of drug-likeness (QED) is 0.622. The van der Waals surface area contributed by atoms with E-state index in [1.807, 2.05) is 18.2 Å². The Bertz CT molecular complexity index is 408. The fraction of sp³-hybridized carbons (Fsp3) is 0.571. The van der Waals surface area contributed by atoms with E-state index in [4.69, 9.17) is 15.3 Å². The molecule has 3 N–H and O–H groups in total. The Morgan fingerprint density at radius 1 is 1.58 bits per heavy atom. The minimum Gasteiger partial charge on any atom is -0.497 e. The van der Waals surface area contributed by atoms with Gasteiger partial charge >= 0.3 is 0 Å². The Labute approximate surface area is 122 Å². The number of hydrogen-bond acceptors (Lipinski definition) is 4. The van der Waals surface area contributed by atoms with Gasteiger partial charge in [0.05, 0.1) is 13.2 Å². The molecular formula is C14H21BrN2O2. The number of methoxy groups -OCH3 is 1. The van der Waals surface area contributed by atoms with E-state index < -0.39 is 0 Å². The topological polar surface area (TPSA) is 56.5 Å². The molecule has 1 saturated heterocycles. The zero-order valence-corrected chi connectivity index (χ0v) is 12.8. The highest BCUT2D eigenvalue weighted by Gasteiger charge is 2.21. The molecule has 1 aliphatic rings. The number of rotatable bonds is 6.